The molecule has 1 aromatic rings. The Kier molecular flexibility index (Phi) is 6.86. The number of hydrogen-bond donors (Lipinski definition) is 2. The molecular formula is C17H26N4O4. The van der Waals surface area contributed by atoms with Crippen molar-refractivity contribution in [1.82, 2.24) is 19.7 Å². The summed E-state index contributed by atoms with van der Waals surface area (Å²) in [6.07, 6.45) is 0. The number of carboxylic acid groups (broad SMARTS) is 2. The lowest BCUT2D eigenvalue weighted by Crippen LogP contribution is -2.41. The molecule has 0 aromatic carbocycles. The van der Waals surface area contributed by atoms with E-state index in [9.17, 15) is 9.59 Å². The second-order valence-electron chi connectivity index (χ2n) is 6.64. The number of hydrogen-bond acceptors (Lipinski definition) is 6. The van der Waals surface area contributed by atoms with E-state index in [4.69, 9.17) is 10.2 Å². The van der Waals surface area contributed by atoms with Crippen LogP contribution in [0.1, 0.15) is 17.0 Å². The highest BCUT2D eigenvalue weighted by atomic mass is 16.4. The van der Waals surface area contributed by atoms with Crippen molar-refractivity contribution < 1.29 is 19.8 Å². The summed E-state index contributed by atoms with van der Waals surface area (Å²) in [4.78, 5) is 32.7. The number of aryl methyl sites for hydroxylation is 1. The van der Waals surface area contributed by atoms with Gasteiger partial charge in [-0.2, -0.15) is 0 Å². The molecule has 2 rings (SSSR count). The first-order valence-corrected chi connectivity index (χ1v) is 8.35. The molecule has 0 aliphatic carbocycles. The van der Waals surface area contributed by atoms with E-state index in [1.807, 2.05) is 35.9 Å². The molecule has 1 aromatic heterocycles. The highest BCUT2D eigenvalue weighted by Gasteiger charge is 2.17. The van der Waals surface area contributed by atoms with E-state index in [0.717, 1.165) is 17.0 Å². The van der Waals surface area contributed by atoms with Gasteiger partial charge in [-0.05, 0) is 31.7 Å². The van der Waals surface area contributed by atoms with Gasteiger partial charge in [-0.1, -0.05) is 0 Å². The smallest absolute Gasteiger partial charge is 0.317 e. The molecule has 8 nitrogen and oxygen atoms in total. The van der Waals surface area contributed by atoms with Crippen molar-refractivity contribution in [3.63, 3.8) is 0 Å². The summed E-state index contributed by atoms with van der Waals surface area (Å²) in [6, 6.07) is 3.91. The van der Waals surface area contributed by atoms with Crippen molar-refractivity contribution in [2.45, 2.75) is 20.0 Å². The molecule has 0 saturated heterocycles. The molecule has 0 amide bonds. The fourth-order valence-corrected chi connectivity index (χ4v) is 2.98. The predicted octanol–water partition coefficient (Wildman–Crippen LogP) is 0.109. The molecule has 0 unspecified atom stereocenters. The third-order valence-electron chi connectivity index (χ3n) is 4.16. The van der Waals surface area contributed by atoms with Gasteiger partial charge in [0.05, 0.1) is 24.5 Å². The monoisotopic (exact) mass is 350 g/mol. The Morgan fingerprint density at radius 2 is 1.40 bits per heavy atom. The topological polar surface area (TPSA) is 97.2 Å². The highest BCUT2D eigenvalue weighted by molar-refractivity contribution is 5.69. The van der Waals surface area contributed by atoms with Crippen LogP contribution in [0.3, 0.4) is 0 Å². The molecule has 8 heteroatoms. The van der Waals surface area contributed by atoms with Crippen molar-refractivity contribution in [2.75, 3.05) is 46.3 Å². The summed E-state index contributed by atoms with van der Waals surface area (Å²) in [6.45, 7) is 5.52. The second kappa shape index (κ2) is 8.89. The molecule has 0 saturated carbocycles. The van der Waals surface area contributed by atoms with Crippen LogP contribution in [0.2, 0.25) is 0 Å². The number of pyridine rings is 1. The third-order valence-corrected chi connectivity index (χ3v) is 4.16. The van der Waals surface area contributed by atoms with Crippen LogP contribution < -0.4 is 0 Å². The molecule has 138 valence electrons. The number of aliphatic carboxylic acids is 2. The zero-order valence-corrected chi connectivity index (χ0v) is 14.8. The number of aromatic nitrogens is 1. The van der Waals surface area contributed by atoms with E-state index in [0.29, 0.717) is 39.3 Å². The Balaban J connectivity index is 2.26. The Labute approximate surface area is 147 Å². The minimum absolute atomic E-state index is 0.0239. The van der Waals surface area contributed by atoms with Gasteiger partial charge in [0.1, 0.15) is 0 Å². The Hall–Kier alpha value is -2.03. The average Bonchev–Trinajstić information content (AvgIpc) is 2.47. The number of fused-ring (bicyclic) bond motifs is 2. The van der Waals surface area contributed by atoms with Crippen molar-refractivity contribution in [3.8, 4) is 0 Å². The fourth-order valence-electron chi connectivity index (χ4n) is 2.98. The standard InChI is InChI=1S/C17H26N4O4/c1-13-7-14-9-20(11-16(22)23)5-3-19(2)4-6-21(12-17(24)25)10-15(8-13)18-14/h7-8H,3-6,9-12H2,1-2H3,(H,22,23)(H,24,25). The van der Waals surface area contributed by atoms with E-state index in [2.05, 4.69) is 9.88 Å². The fraction of sp³-hybridized carbons (Fsp3) is 0.588. The van der Waals surface area contributed by atoms with E-state index >= 15 is 0 Å². The number of nitrogens with zero attached hydrogens (tertiary/aromatic N) is 4. The van der Waals surface area contributed by atoms with Crippen LogP contribution in [0.5, 0.6) is 0 Å². The number of rotatable bonds is 4. The Morgan fingerprint density at radius 3 is 1.80 bits per heavy atom. The average molecular weight is 350 g/mol. The molecule has 25 heavy (non-hydrogen) atoms. The first-order valence-electron chi connectivity index (χ1n) is 8.35. The van der Waals surface area contributed by atoms with Crippen LogP contribution in [0.15, 0.2) is 12.1 Å². The zero-order valence-electron chi connectivity index (χ0n) is 14.8. The summed E-state index contributed by atoms with van der Waals surface area (Å²) in [5.41, 5.74) is 2.67. The third kappa shape index (κ3) is 6.77. The van der Waals surface area contributed by atoms with Gasteiger partial charge in [-0.3, -0.25) is 24.4 Å². The van der Waals surface area contributed by atoms with Gasteiger partial charge >= 0.3 is 11.9 Å². The molecule has 2 bridgehead atoms. The molecule has 1 aliphatic rings. The molecule has 0 atom stereocenters. The first-order chi connectivity index (χ1) is 11.8. The zero-order chi connectivity index (χ0) is 18.4. The molecule has 2 heterocycles. The lowest BCUT2D eigenvalue weighted by atomic mass is 10.2. The Bertz CT molecular complexity index is 574. The molecule has 1 aliphatic heterocycles. The first kappa shape index (κ1) is 19.3. The quantitative estimate of drug-likeness (QED) is 0.790. The number of carboxylic acids is 2. The van der Waals surface area contributed by atoms with Gasteiger partial charge in [0.2, 0.25) is 0 Å². The summed E-state index contributed by atoms with van der Waals surface area (Å²) >= 11 is 0. The van der Waals surface area contributed by atoms with Crippen molar-refractivity contribution in [2.24, 2.45) is 0 Å². The van der Waals surface area contributed by atoms with E-state index in [-0.39, 0.29) is 13.1 Å². The van der Waals surface area contributed by atoms with Gasteiger partial charge in [-0.25, -0.2) is 0 Å². The van der Waals surface area contributed by atoms with E-state index < -0.39 is 11.9 Å². The van der Waals surface area contributed by atoms with Gasteiger partial charge in [-0.15, -0.1) is 0 Å². The van der Waals surface area contributed by atoms with Crippen LogP contribution in [-0.2, 0) is 22.7 Å². The minimum Gasteiger partial charge on any atom is -0.480 e. The van der Waals surface area contributed by atoms with E-state index in [1.165, 1.54) is 0 Å². The molecular weight excluding hydrogens is 324 g/mol. The van der Waals surface area contributed by atoms with Crippen LogP contribution >= 0.6 is 0 Å². The summed E-state index contributed by atoms with van der Waals surface area (Å²) in [5.74, 6) is -1.70. The summed E-state index contributed by atoms with van der Waals surface area (Å²) in [7, 11) is 1.96. The Morgan fingerprint density at radius 1 is 0.960 bits per heavy atom. The number of carbonyl (C=O) groups is 2. The summed E-state index contributed by atoms with van der Waals surface area (Å²) < 4.78 is 0. The maximum Gasteiger partial charge on any atom is 0.317 e. The van der Waals surface area contributed by atoms with Gasteiger partial charge < -0.3 is 15.1 Å². The lowest BCUT2D eigenvalue weighted by Gasteiger charge is -2.28. The molecule has 0 spiro atoms. The van der Waals surface area contributed by atoms with Crippen LogP contribution in [0, 0.1) is 6.92 Å². The largest absolute Gasteiger partial charge is 0.480 e. The second-order valence-corrected chi connectivity index (χ2v) is 6.64. The van der Waals surface area contributed by atoms with Crippen LogP contribution in [0.25, 0.3) is 0 Å². The van der Waals surface area contributed by atoms with Crippen molar-refractivity contribution >= 4 is 11.9 Å². The minimum atomic E-state index is -0.852. The van der Waals surface area contributed by atoms with Crippen molar-refractivity contribution in [3.05, 3.63) is 29.1 Å². The lowest BCUT2D eigenvalue weighted by molar-refractivity contribution is -0.139. The van der Waals surface area contributed by atoms with Crippen LogP contribution in [0.4, 0.5) is 0 Å². The predicted molar refractivity (Wildman–Crippen MR) is 92.3 cm³/mol. The normalized spacial score (nSPS) is 18.3. The highest BCUT2D eigenvalue weighted by Crippen LogP contribution is 2.11. The van der Waals surface area contributed by atoms with Gasteiger partial charge in [0, 0.05) is 39.3 Å². The summed E-state index contributed by atoms with van der Waals surface area (Å²) in [5, 5.41) is 18.3. The maximum absolute atomic E-state index is 11.1. The van der Waals surface area contributed by atoms with Crippen molar-refractivity contribution in [1.29, 1.82) is 0 Å². The molecule has 0 radical (unpaired) electrons. The van der Waals surface area contributed by atoms with Gasteiger partial charge in [0.25, 0.3) is 0 Å². The molecule has 0 fully saturated rings. The van der Waals surface area contributed by atoms with E-state index in [1.54, 1.807) is 0 Å². The molecule has 2 N–H and O–H groups in total. The van der Waals surface area contributed by atoms with Crippen LogP contribution in [-0.4, -0.2) is 88.2 Å². The SMILES string of the molecule is Cc1cc2nc(c1)CN(CC(=O)O)CCN(C)CCN(CC(=O)O)C2. The van der Waals surface area contributed by atoms with Gasteiger partial charge in [0.15, 0.2) is 0 Å². The maximum atomic E-state index is 11.1. The number of likely N-dealkylation sites (N-methyl/N-ethyl adjacent to an activating group) is 1.